The van der Waals surface area contributed by atoms with Crippen molar-refractivity contribution < 1.29 is 4.74 Å². The van der Waals surface area contributed by atoms with Crippen LogP contribution in [0.15, 0.2) is 41.4 Å². The summed E-state index contributed by atoms with van der Waals surface area (Å²) in [6.07, 6.45) is 0. The molecule has 4 rings (SSSR count). The third-order valence-electron chi connectivity index (χ3n) is 4.08. The van der Waals surface area contributed by atoms with Crippen molar-refractivity contribution in [3.8, 4) is 11.5 Å². The molecular formula is C19H18ClN5O. The van der Waals surface area contributed by atoms with Crippen molar-refractivity contribution in [3.63, 3.8) is 0 Å². The topological polar surface area (TPSA) is 65.2 Å². The molecular weight excluding hydrogens is 350 g/mol. The van der Waals surface area contributed by atoms with Gasteiger partial charge >= 0.3 is 0 Å². The Labute approximate surface area is 156 Å². The van der Waals surface area contributed by atoms with Crippen LogP contribution in [-0.2, 0) is 5.54 Å². The Morgan fingerprint density at radius 2 is 1.85 bits per heavy atom. The number of halogens is 1. The third kappa shape index (κ3) is 2.86. The number of ether oxygens (including phenoxy) is 1. The molecule has 1 aliphatic rings. The molecule has 0 saturated carbocycles. The Kier molecular flexibility index (Phi) is 3.80. The lowest BCUT2D eigenvalue weighted by Crippen LogP contribution is -2.28. The predicted octanol–water partition coefficient (Wildman–Crippen LogP) is 4.66. The Balaban J connectivity index is 2.01. The van der Waals surface area contributed by atoms with Crippen LogP contribution in [0.3, 0.4) is 0 Å². The maximum atomic E-state index is 6.14. The lowest BCUT2D eigenvalue weighted by molar-refractivity contribution is 0.345. The van der Waals surface area contributed by atoms with Crippen LogP contribution in [0.1, 0.15) is 37.7 Å². The fourth-order valence-electron chi connectivity index (χ4n) is 2.83. The van der Waals surface area contributed by atoms with E-state index in [0.29, 0.717) is 33.7 Å². The van der Waals surface area contributed by atoms with Gasteiger partial charge in [-0.15, -0.1) is 5.10 Å². The monoisotopic (exact) mass is 367 g/mol. The van der Waals surface area contributed by atoms with E-state index in [9.17, 15) is 0 Å². The first-order valence-corrected chi connectivity index (χ1v) is 8.67. The third-order valence-corrected chi connectivity index (χ3v) is 4.32. The number of hydrogen-bond acceptors (Lipinski definition) is 5. The van der Waals surface area contributed by atoms with Crippen molar-refractivity contribution in [2.24, 2.45) is 4.99 Å². The predicted molar refractivity (Wildman–Crippen MR) is 101 cm³/mol. The van der Waals surface area contributed by atoms with E-state index in [1.165, 1.54) is 0 Å². The molecule has 3 aromatic rings. The summed E-state index contributed by atoms with van der Waals surface area (Å²) in [5.41, 5.74) is 2.98. The van der Waals surface area contributed by atoms with E-state index in [4.69, 9.17) is 21.3 Å². The van der Waals surface area contributed by atoms with Crippen LogP contribution in [0, 0.1) is 6.92 Å². The number of benzene rings is 2. The zero-order valence-corrected chi connectivity index (χ0v) is 15.7. The molecule has 0 bridgehead atoms. The van der Waals surface area contributed by atoms with Gasteiger partial charge in [0.25, 0.3) is 0 Å². The summed E-state index contributed by atoms with van der Waals surface area (Å²) in [7, 11) is 0. The van der Waals surface area contributed by atoms with E-state index in [-0.39, 0.29) is 5.54 Å². The second-order valence-electron chi connectivity index (χ2n) is 7.26. The largest absolute Gasteiger partial charge is 0.454 e. The molecule has 7 heteroatoms. The van der Waals surface area contributed by atoms with Crippen LogP contribution < -0.4 is 4.74 Å². The average Bonchev–Trinajstić information content (AvgIpc) is 2.99. The molecule has 0 N–H and O–H groups in total. The van der Waals surface area contributed by atoms with E-state index in [0.717, 1.165) is 11.1 Å². The highest BCUT2D eigenvalue weighted by Crippen LogP contribution is 2.40. The van der Waals surface area contributed by atoms with Gasteiger partial charge in [-0.3, -0.25) is 0 Å². The van der Waals surface area contributed by atoms with Crippen LogP contribution in [0.5, 0.6) is 11.5 Å². The maximum absolute atomic E-state index is 6.14. The van der Waals surface area contributed by atoms with Crippen molar-refractivity contribution in [1.29, 1.82) is 0 Å². The van der Waals surface area contributed by atoms with Crippen LogP contribution >= 0.6 is 11.6 Å². The summed E-state index contributed by atoms with van der Waals surface area (Å²) in [5.74, 6) is 1.90. The molecule has 2 aromatic carbocycles. The lowest BCUT2D eigenvalue weighted by atomic mass is 10.0. The normalized spacial score (nSPS) is 13.3. The molecule has 0 unspecified atom stereocenters. The van der Waals surface area contributed by atoms with E-state index < -0.39 is 0 Å². The molecule has 26 heavy (non-hydrogen) atoms. The van der Waals surface area contributed by atoms with Crippen molar-refractivity contribution in [2.75, 3.05) is 0 Å². The highest BCUT2D eigenvalue weighted by molar-refractivity contribution is 6.30. The molecule has 2 heterocycles. The Morgan fingerprint density at radius 1 is 1.04 bits per heavy atom. The van der Waals surface area contributed by atoms with Gasteiger partial charge in [-0.25, -0.2) is 9.67 Å². The highest BCUT2D eigenvalue weighted by atomic mass is 35.5. The van der Waals surface area contributed by atoms with Crippen LogP contribution in [-0.4, -0.2) is 25.9 Å². The Hall–Kier alpha value is -2.73. The number of aromatic nitrogens is 4. The van der Waals surface area contributed by atoms with E-state index >= 15 is 0 Å². The number of tetrazole rings is 1. The van der Waals surface area contributed by atoms with Gasteiger partial charge in [-0.05, 0) is 68.0 Å². The van der Waals surface area contributed by atoms with Gasteiger partial charge in [-0.1, -0.05) is 17.7 Å². The molecule has 0 amide bonds. The van der Waals surface area contributed by atoms with E-state index in [1.54, 1.807) is 16.8 Å². The first-order valence-electron chi connectivity index (χ1n) is 8.29. The van der Waals surface area contributed by atoms with Crippen molar-refractivity contribution in [1.82, 2.24) is 20.2 Å². The molecule has 132 valence electrons. The lowest BCUT2D eigenvalue weighted by Gasteiger charge is -2.20. The minimum Gasteiger partial charge on any atom is -0.454 e. The van der Waals surface area contributed by atoms with Gasteiger partial charge in [-0.2, -0.15) is 0 Å². The van der Waals surface area contributed by atoms with Gasteiger partial charge in [0, 0.05) is 16.7 Å². The van der Waals surface area contributed by atoms with Gasteiger partial charge in [0.2, 0.25) is 5.82 Å². The molecule has 0 atom stereocenters. The summed E-state index contributed by atoms with van der Waals surface area (Å²) in [5, 5.41) is 12.9. The summed E-state index contributed by atoms with van der Waals surface area (Å²) >= 11 is 6.14. The number of rotatable bonds is 1. The first kappa shape index (κ1) is 16.7. The fourth-order valence-corrected chi connectivity index (χ4v) is 2.99. The SMILES string of the molecule is Cc1ccc2c(c1)Oc1cc(Cl)ccc1N=C2c1nnnn1C(C)(C)C. The molecule has 1 aromatic heterocycles. The molecule has 0 spiro atoms. The van der Waals surface area contributed by atoms with Crippen molar-refractivity contribution >= 4 is 23.0 Å². The van der Waals surface area contributed by atoms with Gasteiger partial charge in [0.05, 0.1) is 5.54 Å². The van der Waals surface area contributed by atoms with Crippen LogP contribution in [0.4, 0.5) is 5.69 Å². The molecule has 6 nitrogen and oxygen atoms in total. The quantitative estimate of drug-likeness (QED) is 0.490. The summed E-state index contributed by atoms with van der Waals surface area (Å²) in [4.78, 5) is 4.84. The highest BCUT2D eigenvalue weighted by Gasteiger charge is 2.28. The van der Waals surface area contributed by atoms with Crippen molar-refractivity contribution in [2.45, 2.75) is 33.2 Å². The maximum Gasteiger partial charge on any atom is 0.201 e. The second kappa shape index (κ2) is 5.92. The average molecular weight is 368 g/mol. The Bertz CT molecular complexity index is 1030. The first-order chi connectivity index (χ1) is 12.3. The van der Waals surface area contributed by atoms with Gasteiger partial charge < -0.3 is 4.74 Å². The van der Waals surface area contributed by atoms with Gasteiger partial charge in [0.15, 0.2) is 5.75 Å². The van der Waals surface area contributed by atoms with Crippen LogP contribution in [0.2, 0.25) is 5.02 Å². The fraction of sp³-hybridized carbons (Fsp3) is 0.263. The number of nitrogens with zero attached hydrogens (tertiary/aromatic N) is 5. The van der Waals surface area contributed by atoms with E-state index in [1.807, 2.05) is 52.0 Å². The van der Waals surface area contributed by atoms with Crippen LogP contribution in [0.25, 0.3) is 0 Å². The van der Waals surface area contributed by atoms with E-state index in [2.05, 4.69) is 15.5 Å². The smallest absolute Gasteiger partial charge is 0.201 e. The zero-order valence-electron chi connectivity index (χ0n) is 15.0. The number of aliphatic imine (C=N–C) groups is 1. The molecule has 0 saturated heterocycles. The minimum absolute atomic E-state index is 0.289. The molecule has 0 fully saturated rings. The standard InChI is InChI=1S/C19H18ClN5O/c1-11-5-7-13-15(9-11)26-16-10-12(20)6-8-14(16)21-17(13)18-22-23-24-25(18)19(2,3)4/h5-10H,1-4H3. The number of aryl methyl sites for hydroxylation is 1. The molecule has 0 aliphatic carbocycles. The molecule has 1 aliphatic heterocycles. The number of hydrogen-bond donors (Lipinski definition) is 0. The van der Waals surface area contributed by atoms with Crippen molar-refractivity contribution in [3.05, 3.63) is 58.4 Å². The number of fused-ring (bicyclic) bond motifs is 2. The Morgan fingerprint density at radius 3 is 2.62 bits per heavy atom. The minimum atomic E-state index is -0.289. The summed E-state index contributed by atoms with van der Waals surface area (Å²) < 4.78 is 7.92. The summed E-state index contributed by atoms with van der Waals surface area (Å²) in [6.45, 7) is 8.16. The molecule has 0 radical (unpaired) electrons. The second-order valence-corrected chi connectivity index (χ2v) is 7.70. The zero-order chi connectivity index (χ0) is 18.5. The van der Waals surface area contributed by atoms with Gasteiger partial charge in [0.1, 0.15) is 17.1 Å². The summed E-state index contributed by atoms with van der Waals surface area (Å²) in [6, 6.07) is 11.4.